The highest BCUT2D eigenvalue weighted by atomic mass is 19.1. The number of carbonyl (C=O) groups is 1. The van der Waals surface area contributed by atoms with Gasteiger partial charge in [-0.15, -0.1) is 0 Å². The summed E-state index contributed by atoms with van der Waals surface area (Å²) >= 11 is 0. The third-order valence-corrected chi connectivity index (χ3v) is 5.97. The predicted molar refractivity (Wildman–Crippen MR) is 107 cm³/mol. The molecule has 1 aliphatic heterocycles. The molecule has 1 aromatic carbocycles. The number of hydrogen-bond acceptors (Lipinski definition) is 5. The number of aryl methyl sites for hydroxylation is 1. The second kappa shape index (κ2) is 6.58. The van der Waals surface area contributed by atoms with Crippen molar-refractivity contribution in [3.63, 3.8) is 0 Å². The van der Waals surface area contributed by atoms with Gasteiger partial charge in [0.1, 0.15) is 40.8 Å². The summed E-state index contributed by atoms with van der Waals surface area (Å²) in [6.07, 6.45) is 5.42. The number of pyridine rings is 1. The van der Waals surface area contributed by atoms with E-state index in [0.717, 1.165) is 31.4 Å². The molecule has 0 atom stereocenters. The van der Waals surface area contributed by atoms with E-state index in [1.165, 1.54) is 6.33 Å². The number of amides is 1. The molecule has 2 aromatic heterocycles. The van der Waals surface area contributed by atoms with Gasteiger partial charge in [0.05, 0.1) is 10.9 Å². The molecule has 0 saturated heterocycles. The minimum Gasteiger partial charge on any atom is -0.335 e. The first-order valence-electron chi connectivity index (χ1n) is 9.86. The Morgan fingerprint density at radius 3 is 2.63 bits per heavy atom. The van der Waals surface area contributed by atoms with E-state index in [1.807, 2.05) is 0 Å². The molecule has 2 aliphatic rings. The van der Waals surface area contributed by atoms with Gasteiger partial charge in [-0.25, -0.2) is 18.7 Å². The standard InChI is InChI=1S/C21H19F2N5O2/c1-11-7-15(26-18-16-13(23)8-12(22)9-14(16)24-10-25-18)20(30)28-17(11)19(29)27-21(28)5-3-2-4-6-21/h7-10H,2-6H2,1H3,(H,27,29)(H,24,25,26). The van der Waals surface area contributed by atoms with Crippen molar-refractivity contribution < 1.29 is 13.6 Å². The smallest absolute Gasteiger partial charge is 0.276 e. The fraction of sp³-hybridized carbons (Fsp3) is 0.333. The molecule has 7 nitrogen and oxygen atoms in total. The van der Waals surface area contributed by atoms with Crippen molar-refractivity contribution in [2.45, 2.75) is 44.7 Å². The molecule has 2 N–H and O–H groups in total. The molecule has 3 aromatic rings. The van der Waals surface area contributed by atoms with Crippen molar-refractivity contribution in [3.8, 4) is 0 Å². The summed E-state index contributed by atoms with van der Waals surface area (Å²) < 4.78 is 29.5. The maximum absolute atomic E-state index is 14.4. The second-order valence-corrected chi connectivity index (χ2v) is 7.91. The van der Waals surface area contributed by atoms with E-state index in [2.05, 4.69) is 20.6 Å². The van der Waals surface area contributed by atoms with Crippen LogP contribution in [-0.4, -0.2) is 20.4 Å². The number of aromatic nitrogens is 3. The summed E-state index contributed by atoms with van der Waals surface area (Å²) in [5.74, 6) is -1.77. The average molecular weight is 411 g/mol. The molecule has 9 heteroatoms. The van der Waals surface area contributed by atoms with Crippen molar-refractivity contribution >= 4 is 28.3 Å². The Bertz CT molecular complexity index is 1260. The highest BCUT2D eigenvalue weighted by Crippen LogP contribution is 2.37. The minimum atomic E-state index is -0.827. The molecule has 30 heavy (non-hydrogen) atoms. The molecule has 1 saturated carbocycles. The zero-order valence-electron chi connectivity index (χ0n) is 16.3. The van der Waals surface area contributed by atoms with Gasteiger partial charge in [-0.05, 0) is 44.2 Å². The molecular formula is C21H19F2N5O2. The number of fused-ring (bicyclic) bond motifs is 3. The van der Waals surface area contributed by atoms with Crippen molar-refractivity contribution in [2.24, 2.45) is 0 Å². The van der Waals surface area contributed by atoms with Crippen LogP contribution < -0.4 is 16.2 Å². The second-order valence-electron chi connectivity index (χ2n) is 7.91. The minimum absolute atomic E-state index is 0.0111. The molecule has 1 fully saturated rings. The van der Waals surface area contributed by atoms with Gasteiger partial charge in [0, 0.05) is 12.1 Å². The summed E-state index contributed by atoms with van der Waals surface area (Å²) in [6.45, 7) is 1.76. The van der Waals surface area contributed by atoms with Gasteiger partial charge in [0.15, 0.2) is 0 Å². The van der Waals surface area contributed by atoms with Crippen LogP contribution in [0.15, 0.2) is 29.3 Å². The third kappa shape index (κ3) is 2.68. The first kappa shape index (κ1) is 18.7. The number of nitrogens with one attached hydrogen (secondary N) is 2. The van der Waals surface area contributed by atoms with Gasteiger partial charge in [-0.1, -0.05) is 6.42 Å². The zero-order chi connectivity index (χ0) is 21.0. The first-order chi connectivity index (χ1) is 14.4. The number of benzene rings is 1. The SMILES string of the molecule is Cc1cc(Nc2ncnc3cc(F)cc(F)c23)c(=O)n2c1C(=O)NC21CCCCC1. The van der Waals surface area contributed by atoms with Gasteiger partial charge in [-0.3, -0.25) is 14.2 Å². The van der Waals surface area contributed by atoms with Gasteiger partial charge in [0.25, 0.3) is 11.5 Å². The number of carbonyl (C=O) groups excluding carboxylic acids is 1. The lowest BCUT2D eigenvalue weighted by atomic mass is 9.89. The average Bonchev–Trinajstić information content (AvgIpc) is 2.98. The van der Waals surface area contributed by atoms with Crippen LogP contribution in [0.1, 0.15) is 48.2 Å². The van der Waals surface area contributed by atoms with E-state index < -0.39 is 17.3 Å². The molecule has 154 valence electrons. The van der Waals surface area contributed by atoms with Crippen LogP contribution >= 0.6 is 0 Å². The summed E-state index contributed by atoms with van der Waals surface area (Å²) in [4.78, 5) is 34.0. The summed E-state index contributed by atoms with van der Waals surface area (Å²) in [5, 5.41) is 5.91. The Morgan fingerprint density at radius 1 is 1.10 bits per heavy atom. The van der Waals surface area contributed by atoms with Crippen LogP contribution in [-0.2, 0) is 5.66 Å². The number of hydrogen-bond donors (Lipinski definition) is 2. The van der Waals surface area contributed by atoms with E-state index in [0.29, 0.717) is 24.1 Å². The largest absolute Gasteiger partial charge is 0.335 e. The van der Waals surface area contributed by atoms with E-state index in [9.17, 15) is 18.4 Å². The lowest BCUT2D eigenvalue weighted by Gasteiger charge is -2.35. The summed E-state index contributed by atoms with van der Waals surface area (Å²) in [5.41, 5.74) is 0.122. The maximum Gasteiger partial charge on any atom is 0.276 e. The Kier molecular flexibility index (Phi) is 4.09. The molecule has 1 spiro atoms. The molecule has 0 unspecified atom stereocenters. The van der Waals surface area contributed by atoms with E-state index >= 15 is 0 Å². The van der Waals surface area contributed by atoms with E-state index in [1.54, 1.807) is 17.6 Å². The quantitative estimate of drug-likeness (QED) is 0.674. The van der Waals surface area contributed by atoms with E-state index in [4.69, 9.17) is 0 Å². The Morgan fingerprint density at radius 2 is 1.87 bits per heavy atom. The van der Waals surface area contributed by atoms with Crippen LogP contribution in [0.5, 0.6) is 0 Å². The molecule has 0 radical (unpaired) electrons. The highest BCUT2D eigenvalue weighted by molar-refractivity contribution is 5.97. The Hall–Kier alpha value is -3.36. The third-order valence-electron chi connectivity index (χ3n) is 5.97. The van der Waals surface area contributed by atoms with Gasteiger partial charge in [0.2, 0.25) is 0 Å². The van der Waals surface area contributed by atoms with Crippen molar-refractivity contribution in [1.29, 1.82) is 0 Å². The van der Waals surface area contributed by atoms with Crippen molar-refractivity contribution in [3.05, 3.63) is 57.8 Å². The Balaban J connectivity index is 1.67. The number of halogens is 2. The Labute approximate surface area is 170 Å². The monoisotopic (exact) mass is 411 g/mol. The molecule has 3 heterocycles. The zero-order valence-corrected chi connectivity index (χ0v) is 16.3. The first-order valence-corrected chi connectivity index (χ1v) is 9.86. The van der Waals surface area contributed by atoms with Crippen molar-refractivity contribution in [2.75, 3.05) is 5.32 Å². The topological polar surface area (TPSA) is 88.9 Å². The molecular weight excluding hydrogens is 392 g/mol. The van der Waals surface area contributed by atoms with Gasteiger partial charge >= 0.3 is 0 Å². The predicted octanol–water partition coefficient (Wildman–Crippen LogP) is 3.48. The summed E-state index contributed by atoms with van der Waals surface area (Å²) in [6, 6.07) is 3.41. The van der Waals surface area contributed by atoms with Crippen LogP contribution in [0.3, 0.4) is 0 Å². The lowest BCUT2D eigenvalue weighted by molar-refractivity contribution is 0.0876. The maximum atomic E-state index is 14.4. The fourth-order valence-corrected chi connectivity index (χ4v) is 4.67. The molecule has 0 bridgehead atoms. The number of anilines is 2. The molecule has 1 aliphatic carbocycles. The van der Waals surface area contributed by atoms with Crippen LogP contribution in [0.25, 0.3) is 10.9 Å². The normalized spacial score (nSPS) is 17.2. The van der Waals surface area contributed by atoms with Crippen LogP contribution in [0, 0.1) is 18.6 Å². The highest BCUT2D eigenvalue weighted by Gasteiger charge is 2.45. The summed E-state index contributed by atoms with van der Waals surface area (Å²) in [7, 11) is 0. The van der Waals surface area contributed by atoms with Crippen LogP contribution in [0.4, 0.5) is 20.3 Å². The van der Waals surface area contributed by atoms with Crippen molar-refractivity contribution in [1.82, 2.24) is 19.9 Å². The number of rotatable bonds is 2. The fourth-order valence-electron chi connectivity index (χ4n) is 4.67. The van der Waals surface area contributed by atoms with Gasteiger partial charge in [-0.2, -0.15) is 0 Å². The van der Waals surface area contributed by atoms with Crippen LogP contribution in [0.2, 0.25) is 0 Å². The van der Waals surface area contributed by atoms with Gasteiger partial charge < -0.3 is 10.6 Å². The molecule has 1 amide bonds. The molecule has 5 rings (SSSR count). The lowest BCUT2D eigenvalue weighted by Crippen LogP contribution is -2.48. The number of nitrogens with zero attached hydrogens (tertiary/aromatic N) is 3. The van der Waals surface area contributed by atoms with E-state index in [-0.39, 0.29) is 33.9 Å².